The van der Waals surface area contributed by atoms with Crippen molar-refractivity contribution in [3.8, 4) is 11.1 Å². The molecule has 0 fully saturated rings. The molecule has 1 aromatic heterocycles. The van der Waals surface area contributed by atoms with Crippen molar-refractivity contribution >= 4 is 39.3 Å². The van der Waals surface area contributed by atoms with Crippen LogP contribution in [0.25, 0.3) is 21.3 Å². The third-order valence-corrected chi connectivity index (χ3v) is 5.33. The van der Waals surface area contributed by atoms with Crippen LogP contribution in [0.2, 0.25) is 0 Å². The van der Waals surface area contributed by atoms with Crippen molar-refractivity contribution in [1.82, 2.24) is 15.2 Å². The number of hydrogen-bond acceptors (Lipinski definition) is 6. The SMILES string of the molecule is COC(=O)CN(C)C(=O)CNC(=O)Cc1nc2ccc(-c3ccccc3)cc2s1. The number of carbonyl (C=O) groups excluding carboxylic acids is 3. The lowest BCUT2D eigenvalue weighted by molar-refractivity contribution is -0.145. The van der Waals surface area contributed by atoms with Crippen molar-refractivity contribution in [2.75, 3.05) is 27.2 Å². The average Bonchev–Trinajstić information content (AvgIpc) is 3.13. The fraction of sp³-hybridized carbons (Fsp3) is 0.238. The first-order valence-corrected chi connectivity index (χ1v) is 9.80. The third-order valence-electron chi connectivity index (χ3n) is 4.31. The van der Waals surface area contributed by atoms with Gasteiger partial charge in [0.05, 0.1) is 30.3 Å². The highest BCUT2D eigenvalue weighted by Crippen LogP contribution is 2.28. The number of methoxy groups -OCH3 is 1. The highest BCUT2D eigenvalue weighted by molar-refractivity contribution is 7.18. The Balaban J connectivity index is 1.59. The summed E-state index contributed by atoms with van der Waals surface area (Å²) in [4.78, 5) is 41.0. The molecule has 8 heteroatoms. The molecular weight excluding hydrogens is 390 g/mol. The maximum Gasteiger partial charge on any atom is 0.325 e. The summed E-state index contributed by atoms with van der Waals surface area (Å²) in [7, 11) is 2.73. The highest BCUT2D eigenvalue weighted by Gasteiger charge is 2.15. The molecule has 0 saturated heterocycles. The van der Waals surface area contributed by atoms with Crippen LogP contribution in [0.5, 0.6) is 0 Å². The number of esters is 1. The van der Waals surface area contributed by atoms with Crippen LogP contribution in [0.1, 0.15) is 5.01 Å². The van der Waals surface area contributed by atoms with Gasteiger partial charge in [0.1, 0.15) is 11.6 Å². The number of hydrogen-bond donors (Lipinski definition) is 1. The van der Waals surface area contributed by atoms with Gasteiger partial charge in [-0.1, -0.05) is 36.4 Å². The highest BCUT2D eigenvalue weighted by atomic mass is 32.1. The lowest BCUT2D eigenvalue weighted by Crippen LogP contribution is -2.40. The molecule has 0 bridgehead atoms. The van der Waals surface area contributed by atoms with Gasteiger partial charge in [-0.3, -0.25) is 14.4 Å². The van der Waals surface area contributed by atoms with Crippen LogP contribution in [0.4, 0.5) is 0 Å². The Morgan fingerprint density at radius 2 is 1.86 bits per heavy atom. The zero-order valence-electron chi connectivity index (χ0n) is 16.2. The fourth-order valence-corrected chi connectivity index (χ4v) is 3.72. The number of fused-ring (bicyclic) bond motifs is 1. The summed E-state index contributed by atoms with van der Waals surface area (Å²) < 4.78 is 5.52. The quantitative estimate of drug-likeness (QED) is 0.603. The molecule has 3 aromatic rings. The second kappa shape index (κ2) is 9.29. The van der Waals surface area contributed by atoms with Gasteiger partial charge in [0.25, 0.3) is 0 Å². The van der Waals surface area contributed by atoms with Crippen molar-refractivity contribution in [3.05, 3.63) is 53.5 Å². The fourth-order valence-electron chi connectivity index (χ4n) is 2.71. The zero-order chi connectivity index (χ0) is 20.8. The third kappa shape index (κ3) is 5.39. The molecule has 7 nitrogen and oxygen atoms in total. The van der Waals surface area contributed by atoms with Crippen molar-refractivity contribution in [2.45, 2.75) is 6.42 Å². The largest absolute Gasteiger partial charge is 0.468 e. The monoisotopic (exact) mass is 411 g/mol. The van der Waals surface area contributed by atoms with Crippen LogP contribution < -0.4 is 5.32 Å². The predicted octanol–water partition coefficient (Wildman–Crippen LogP) is 2.25. The molecule has 0 spiro atoms. The van der Waals surface area contributed by atoms with E-state index in [1.165, 1.54) is 30.4 Å². The number of rotatable bonds is 7. The molecule has 0 saturated carbocycles. The number of aromatic nitrogens is 1. The second-order valence-corrected chi connectivity index (χ2v) is 7.55. The van der Waals surface area contributed by atoms with E-state index in [-0.39, 0.29) is 31.3 Å². The van der Waals surface area contributed by atoms with E-state index in [1.54, 1.807) is 0 Å². The van der Waals surface area contributed by atoms with E-state index in [0.717, 1.165) is 21.3 Å². The van der Waals surface area contributed by atoms with E-state index in [1.807, 2.05) is 42.5 Å². The van der Waals surface area contributed by atoms with Crippen LogP contribution in [-0.4, -0.2) is 54.9 Å². The molecule has 0 aliphatic heterocycles. The number of likely N-dealkylation sites (N-methyl/N-ethyl adjacent to an activating group) is 1. The first-order valence-electron chi connectivity index (χ1n) is 8.98. The Morgan fingerprint density at radius 1 is 1.10 bits per heavy atom. The lowest BCUT2D eigenvalue weighted by atomic mass is 10.1. The molecule has 0 radical (unpaired) electrons. The van der Waals surface area contributed by atoms with Crippen LogP contribution in [0, 0.1) is 0 Å². The molecule has 0 unspecified atom stereocenters. The Kier molecular flexibility index (Phi) is 6.56. The topological polar surface area (TPSA) is 88.6 Å². The maximum atomic E-state index is 12.2. The summed E-state index contributed by atoms with van der Waals surface area (Å²) >= 11 is 1.46. The van der Waals surface area contributed by atoms with Crippen LogP contribution in [0.3, 0.4) is 0 Å². The molecule has 2 amide bonds. The Morgan fingerprint density at radius 3 is 2.59 bits per heavy atom. The number of nitrogens with zero attached hydrogens (tertiary/aromatic N) is 2. The molecule has 150 valence electrons. The Labute approximate surface area is 172 Å². The summed E-state index contributed by atoms with van der Waals surface area (Å²) in [6.07, 6.45) is 0.0913. The standard InChI is InChI=1S/C21H21N3O4S/c1-24(13-21(27)28-2)20(26)12-22-18(25)11-19-23-16-9-8-15(10-17(16)29-19)14-6-4-3-5-7-14/h3-10H,11-13H2,1-2H3,(H,22,25). The number of benzene rings is 2. The number of ether oxygens (including phenoxy) is 1. The van der Waals surface area contributed by atoms with Gasteiger partial charge in [0.15, 0.2) is 0 Å². The predicted molar refractivity (Wildman–Crippen MR) is 111 cm³/mol. The smallest absolute Gasteiger partial charge is 0.325 e. The maximum absolute atomic E-state index is 12.2. The van der Waals surface area contributed by atoms with Gasteiger partial charge in [-0.25, -0.2) is 4.98 Å². The first kappa shape index (κ1) is 20.5. The molecular formula is C21H21N3O4S. The minimum absolute atomic E-state index is 0.0913. The minimum Gasteiger partial charge on any atom is -0.468 e. The van der Waals surface area contributed by atoms with Crippen LogP contribution >= 0.6 is 11.3 Å². The van der Waals surface area contributed by atoms with E-state index in [4.69, 9.17) is 0 Å². The van der Waals surface area contributed by atoms with E-state index in [0.29, 0.717) is 5.01 Å². The van der Waals surface area contributed by atoms with Crippen molar-refractivity contribution in [3.63, 3.8) is 0 Å². The number of thiazole rings is 1. The van der Waals surface area contributed by atoms with Gasteiger partial charge in [-0.2, -0.15) is 0 Å². The molecule has 3 rings (SSSR count). The number of nitrogens with one attached hydrogen (secondary N) is 1. The molecule has 2 aromatic carbocycles. The first-order chi connectivity index (χ1) is 14.0. The van der Waals surface area contributed by atoms with Gasteiger partial charge in [0.2, 0.25) is 11.8 Å². The van der Waals surface area contributed by atoms with E-state index in [9.17, 15) is 14.4 Å². The normalized spacial score (nSPS) is 10.6. The number of amides is 2. The molecule has 1 N–H and O–H groups in total. The van der Waals surface area contributed by atoms with Crippen LogP contribution in [0.15, 0.2) is 48.5 Å². The van der Waals surface area contributed by atoms with Gasteiger partial charge < -0.3 is 15.0 Å². The molecule has 0 atom stereocenters. The summed E-state index contributed by atoms with van der Waals surface area (Å²) in [5.41, 5.74) is 3.06. The van der Waals surface area contributed by atoms with Crippen molar-refractivity contribution in [1.29, 1.82) is 0 Å². The lowest BCUT2D eigenvalue weighted by Gasteiger charge is -2.15. The van der Waals surface area contributed by atoms with Gasteiger partial charge in [0, 0.05) is 7.05 Å². The molecule has 0 aliphatic carbocycles. The van der Waals surface area contributed by atoms with E-state index >= 15 is 0 Å². The van der Waals surface area contributed by atoms with Crippen molar-refractivity contribution < 1.29 is 19.1 Å². The zero-order valence-corrected chi connectivity index (χ0v) is 17.0. The number of carbonyl (C=O) groups is 3. The molecule has 1 heterocycles. The molecule has 29 heavy (non-hydrogen) atoms. The summed E-state index contributed by atoms with van der Waals surface area (Å²) in [6, 6.07) is 16.1. The van der Waals surface area contributed by atoms with E-state index < -0.39 is 5.97 Å². The van der Waals surface area contributed by atoms with Crippen molar-refractivity contribution in [2.24, 2.45) is 0 Å². The van der Waals surface area contributed by atoms with E-state index in [2.05, 4.69) is 21.1 Å². The Hall–Kier alpha value is -3.26. The van der Waals surface area contributed by atoms with Gasteiger partial charge in [-0.15, -0.1) is 11.3 Å². The summed E-state index contributed by atoms with van der Waals surface area (Å²) in [5.74, 6) is -1.19. The van der Waals surface area contributed by atoms with Crippen LogP contribution in [-0.2, 0) is 25.5 Å². The van der Waals surface area contributed by atoms with Gasteiger partial charge in [-0.05, 0) is 23.3 Å². The Bertz CT molecular complexity index is 1030. The van der Waals surface area contributed by atoms with Gasteiger partial charge >= 0.3 is 5.97 Å². The molecule has 0 aliphatic rings. The summed E-state index contributed by atoms with van der Waals surface area (Å²) in [5, 5.41) is 3.25. The average molecular weight is 411 g/mol. The second-order valence-electron chi connectivity index (χ2n) is 6.44. The summed E-state index contributed by atoms with van der Waals surface area (Å²) in [6.45, 7) is -0.345. The minimum atomic E-state index is -0.517.